The predicted molar refractivity (Wildman–Crippen MR) is 79.1 cm³/mol. The molecule has 2 unspecified atom stereocenters. The molecule has 6 heteroatoms. The molecule has 6 nitrogen and oxygen atoms in total. The Kier molecular flexibility index (Phi) is 7.25. The smallest absolute Gasteiger partial charge is 0.330 e. The van der Waals surface area contributed by atoms with Gasteiger partial charge in [-0.25, -0.2) is 9.59 Å². The van der Waals surface area contributed by atoms with Crippen LogP contribution in [0.2, 0.25) is 0 Å². The summed E-state index contributed by atoms with van der Waals surface area (Å²) in [5, 5.41) is 14.5. The molecule has 1 rings (SSSR count). The number of carboxylic acids is 1. The second kappa shape index (κ2) is 8.97. The molecule has 0 aliphatic carbocycles. The van der Waals surface area contributed by atoms with Crippen LogP contribution in [-0.4, -0.2) is 36.9 Å². The molecule has 1 aromatic carbocycles. The molecule has 3 N–H and O–H groups in total. The van der Waals surface area contributed by atoms with E-state index in [2.05, 4.69) is 10.6 Å². The molecule has 2 atom stereocenters. The summed E-state index contributed by atoms with van der Waals surface area (Å²) in [6, 6.07) is 6.86. The van der Waals surface area contributed by atoms with E-state index in [0.717, 1.165) is 12.8 Å². The summed E-state index contributed by atoms with van der Waals surface area (Å²) in [6.07, 6.45) is 1.67. The van der Waals surface area contributed by atoms with Gasteiger partial charge < -0.3 is 20.5 Å². The highest BCUT2D eigenvalue weighted by Crippen LogP contribution is 2.12. The third-order valence-corrected chi connectivity index (χ3v) is 3.00. The molecule has 2 amide bonds. The highest BCUT2D eigenvalue weighted by Gasteiger charge is 2.22. The Balaban J connectivity index is 2.67. The molecule has 0 aromatic heterocycles. The number of hydrogen-bond acceptors (Lipinski definition) is 3. The van der Waals surface area contributed by atoms with Gasteiger partial charge in [0.1, 0.15) is 0 Å². The quantitative estimate of drug-likeness (QED) is 0.683. The van der Waals surface area contributed by atoms with Gasteiger partial charge in [-0.15, -0.1) is 0 Å². The summed E-state index contributed by atoms with van der Waals surface area (Å²) < 4.78 is 5.04. The van der Waals surface area contributed by atoms with E-state index >= 15 is 0 Å². The van der Waals surface area contributed by atoms with Crippen LogP contribution in [0.3, 0.4) is 0 Å². The number of methoxy groups -OCH3 is 1. The lowest BCUT2D eigenvalue weighted by Gasteiger charge is -2.20. The monoisotopic (exact) mass is 294 g/mol. The first-order chi connectivity index (χ1) is 10.1. The standard InChI is InChI=1S/C15H22N2O4/c1-3-7-12(10-21-2)16-15(20)17-13(14(18)19)11-8-5-4-6-9-11/h4-6,8-9,12-13H,3,7,10H2,1-2H3,(H,18,19)(H2,16,17,20). The zero-order valence-corrected chi connectivity index (χ0v) is 12.3. The number of urea groups is 1. The fraction of sp³-hybridized carbons (Fsp3) is 0.467. The number of aliphatic carboxylic acids is 1. The van der Waals surface area contributed by atoms with Crippen LogP contribution in [-0.2, 0) is 9.53 Å². The fourth-order valence-corrected chi connectivity index (χ4v) is 2.04. The lowest BCUT2D eigenvalue weighted by atomic mass is 10.1. The van der Waals surface area contributed by atoms with Crippen molar-refractivity contribution in [1.82, 2.24) is 10.6 Å². The lowest BCUT2D eigenvalue weighted by Crippen LogP contribution is -2.46. The van der Waals surface area contributed by atoms with Gasteiger partial charge in [0.15, 0.2) is 6.04 Å². The van der Waals surface area contributed by atoms with Crippen molar-refractivity contribution < 1.29 is 19.4 Å². The van der Waals surface area contributed by atoms with Crippen LogP contribution in [0.15, 0.2) is 30.3 Å². The van der Waals surface area contributed by atoms with Crippen molar-refractivity contribution in [2.75, 3.05) is 13.7 Å². The van der Waals surface area contributed by atoms with E-state index in [-0.39, 0.29) is 6.04 Å². The average Bonchev–Trinajstić information content (AvgIpc) is 2.46. The van der Waals surface area contributed by atoms with Crippen molar-refractivity contribution in [1.29, 1.82) is 0 Å². The topological polar surface area (TPSA) is 87.7 Å². The number of nitrogens with one attached hydrogen (secondary N) is 2. The van der Waals surface area contributed by atoms with Gasteiger partial charge in [0.2, 0.25) is 0 Å². The third kappa shape index (κ3) is 5.83. The number of hydrogen-bond donors (Lipinski definition) is 3. The molecule has 0 spiro atoms. The van der Waals surface area contributed by atoms with Crippen molar-refractivity contribution in [3.8, 4) is 0 Å². The van der Waals surface area contributed by atoms with Gasteiger partial charge in [0, 0.05) is 7.11 Å². The van der Waals surface area contributed by atoms with Crippen molar-refractivity contribution >= 4 is 12.0 Å². The van der Waals surface area contributed by atoms with Crippen LogP contribution in [0.4, 0.5) is 4.79 Å². The first kappa shape index (κ1) is 17.0. The van der Waals surface area contributed by atoms with Crippen LogP contribution in [0, 0.1) is 0 Å². The Morgan fingerprint density at radius 3 is 2.43 bits per heavy atom. The number of rotatable bonds is 8. The van der Waals surface area contributed by atoms with Gasteiger partial charge >= 0.3 is 12.0 Å². The van der Waals surface area contributed by atoms with Crippen LogP contribution >= 0.6 is 0 Å². The summed E-state index contributed by atoms with van der Waals surface area (Å²) in [4.78, 5) is 23.3. The summed E-state index contributed by atoms with van der Waals surface area (Å²) in [5.41, 5.74) is 0.527. The molecule has 0 aliphatic rings. The minimum atomic E-state index is -1.10. The summed E-state index contributed by atoms with van der Waals surface area (Å²) in [5.74, 6) is -1.10. The van der Waals surface area contributed by atoms with Gasteiger partial charge in [-0.3, -0.25) is 0 Å². The molecular weight excluding hydrogens is 272 g/mol. The molecule has 116 valence electrons. The average molecular weight is 294 g/mol. The SMILES string of the molecule is CCCC(COC)NC(=O)NC(C(=O)O)c1ccccc1. The van der Waals surface area contributed by atoms with E-state index in [4.69, 9.17) is 4.74 Å². The zero-order chi connectivity index (χ0) is 15.7. The largest absolute Gasteiger partial charge is 0.479 e. The first-order valence-electron chi connectivity index (χ1n) is 6.92. The van der Waals surface area contributed by atoms with Gasteiger partial charge in [-0.2, -0.15) is 0 Å². The van der Waals surface area contributed by atoms with Gasteiger partial charge in [-0.05, 0) is 12.0 Å². The number of benzene rings is 1. The number of ether oxygens (including phenoxy) is 1. The first-order valence-corrected chi connectivity index (χ1v) is 6.92. The van der Waals surface area contributed by atoms with Crippen LogP contribution in [0.1, 0.15) is 31.4 Å². The maximum Gasteiger partial charge on any atom is 0.330 e. The molecule has 0 radical (unpaired) electrons. The molecule has 0 saturated carbocycles. The number of carboxylic acid groups (broad SMARTS) is 1. The summed E-state index contributed by atoms with van der Waals surface area (Å²) in [7, 11) is 1.56. The number of amides is 2. The predicted octanol–water partition coefficient (Wildman–Crippen LogP) is 1.93. The third-order valence-electron chi connectivity index (χ3n) is 3.00. The molecule has 0 aliphatic heterocycles. The normalized spacial score (nSPS) is 13.2. The maximum atomic E-state index is 12.0. The summed E-state index contributed by atoms with van der Waals surface area (Å²) in [6.45, 7) is 2.40. The molecule has 0 fully saturated rings. The van der Waals surface area contributed by atoms with Gasteiger partial charge in [-0.1, -0.05) is 43.7 Å². The van der Waals surface area contributed by atoms with Crippen molar-refractivity contribution in [2.45, 2.75) is 31.8 Å². The Bertz CT molecular complexity index is 444. The molecule has 21 heavy (non-hydrogen) atoms. The van der Waals surface area contributed by atoms with E-state index in [1.165, 1.54) is 0 Å². The molecule has 0 saturated heterocycles. The molecule has 1 aromatic rings. The lowest BCUT2D eigenvalue weighted by molar-refractivity contribution is -0.139. The van der Waals surface area contributed by atoms with E-state index in [1.54, 1.807) is 37.4 Å². The minimum absolute atomic E-state index is 0.134. The Morgan fingerprint density at radius 1 is 1.24 bits per heavy atom. The van der Waals surface area contributed by atoms with Crippen LogP contribution in [0.25, 0.3) is 0 Å². The van der Waals surface area contributed by atoms with Crippen LogP contribution < -0.4 is 10.6 Å². The molecule has 0 heterocycles. The Hall–Kier alpha value is -2.08. The minimum Gasteiger partial charge on any atom is -0.479 e. The highest BCUT2D eigenvalue weighted by atomic mass is 16.5. The highest BCUT2D eigenvalue weighted by molar-refractivity contribution is 5.83. The second-order valence-corrected chi connectivity index (χ2v) is 4.74. The van der Waals surface area contributed by atoms with E-state index in [1.807, 2.05) is 6.92 Å². The Morgan fingerprint density at radius 2 is 1.90 bits per heavy atom. The summed E-state index contributed by atoms with van der Waals surface area (Å²) >= 11 is 0. The van der Waals surface area contributed by atoms with Crippen LogP contribution in [0.5, 0.6) is 0 Å². The Labute approximate surface area is 124 Å². The maximum absolute atomic E-state index is 12.0. The van der Waals surface area contributed by atoms with Crippen molar-refractivity contribution in [2.24, 2.45) is 0 Å². The van der Waals surface area contributed by atoms with E-state index in [9.17, 15) is 14.7 Å². The van der Waals surface area contributed by atoms with Gasteiger partial charge in [0.25, 0.3) is 0 Å². The van der Waals surface area contributed by atoms with Crippen molar-refractivity contribution in [3.63, 3.8) is 0 Å². The number of carbonyl (C=O) groups excluding carboxylic acids is 1. The molecular formula is C15H22N2O4. The van der Waals surface area contributed by atoms with Gasteiger partial charge in [0.05, 0.1) is 12.6 Å². The van der Waals surface area contributed by atoms with Crippen molar-refractivity contribution in [3.05, 3.63) is 35.9 Å². The fourth-order valence-electron chi connectivity index (χ4n) is 2.04. The second-order valence-electron chi connectivity index (χ2n) is 4.74. The van der Waals surface area contributed by atoms with E-state index < -0.39 is 18.0 Å². The molecule has 0 bridgehead atoms. The zero-order valence-electron chi connectivity index (χ0n) is 12.3. The number of carbonyl (C=O) groups is 2. The van der Waals surface area contributed by atoms with E-state index in [0.29, 0.717) is 12.2 Å².